The lowest BCUT2D eigenvalue weighted by atomic mass is 10.0. The largest absolute Gasteiger partial charge is 0.384 e. The van der Waals surface area contributed by atoms with Crippen molar-refractivity contribution < 1.29 is 4.79 Å². The van der Waals surface area contributed by atoms with Crippen LogP contribution in [-0.2, 0) is 4.79 Å². The average Bonchev–Trinajstić information content (AvgIpc) is 2.78. The van der Waals surface area contributed by atoms with Crippen LogP contribution in [0, 0.1) is 5.92 Å². The average molecular weight is 194 g/mol. The number of benzene rings is 1. The number of fused-ring (bicyclic) bond motifs is 3. The minimum absolute atomic E-state index is 0.134. The van der Waals surface area contributed by atoms with Crippen LogP contribution in [0.3, 0.4) is 0 Å². The normalized spacial score (nSPS) is 28.8. The fourth-order valence-corrected chi connectivity index (χ4v) is 2.23. The first kappa shape index (κ1) is 7.39. The van der Waals surface area contributed by atoms with Crippen LogP contribution in [0.15, 0.2) is 18.2 Å². The van der Waals surface area contributed by atoms with Gasteiger partial charge in [0.2, 0.25) is 0 Å². The highest BCUT2D eigenvalue weighted by Crippen LogP contribution is 2.49. The van der Waals surface area contributed by atoms with Crippen molar-refractivity contribution in [3.8, 4) is 0 Å². The molecule has 3 heteroatoms. The second-order valence-electron chi connectivity index (χ2n) is 3.60. The second kappa shape index (κ2) is 2.26. The van der Waals surface area contributed by atoms with Gasteiger partial charge in [0, 0.05) is 23.2 Å². The number of carbonyl (C=O) groups is 1. The van der Waals surface area contributed by atoms with Gasteiger partial charge in [0.25, 0.3) is 0 Å². The van der Waals surface area contributed by atoms with E-state index in [-0.39, 0.29) is 11.8 Å². The molecule has 1 aliphatic heterocycles. The predicted octanol–water partition coefficient (Wildman–Crippen LogP) is 2.05. The van der Waals surface area contributed by atoms with E-state index < -0.39 is 0 Å². The monoisotopic (exact) mass is 193 g/mol. The molecule has 1 heterocycles. The summed E-state index contributed by atoms with van der Waals surface area (Å²) in [6.07, 6.45) is 0. The standard InChI is InChI=1S/C10H8ClNO/c11-5-1-2-8-6(3-5)9-7(4-12-8)10(9)13/h1-3,7,9,12H,4H2. The molecule has 0 bridgehead atoms. The van der Waals surface area contributed by atoms with Crippen LogP contribution in [-0.4, -0.2) is 12.3 Å². The van der Waals surface area contributed by atoms with Crippen LogP contribution in [0.5, 0.6) is 0 Å². The first-order chi connectivity index (χ1) is 6.27. The van der Waals surface area contributed by atoms with E-state index in [9.17, 15) is 4.79 Å². The summed E-state index contributed by atoms with van der Waals surface area (Å²) >= 11 is 5.87. The third-order valence-electron chi connectivity index (χ3n) is 2.83. The van der Waals surface area contributed by atoms with E-state index in [1.165, 1.54) is 0 Å². The van der Waals surface area contributed by atoms with Crippen molar-refractivity contribution in [3.05, 3.63) is 28.8 Å². The summed E-state index contributed by atoms with van der Waals surface area (Å²) in [4.78, 5) is 11.3. The van der Waals surface area contributed by atoms with Crippen molar-refractivity contribution in [3.63, 3.8) is 0 Å². The molecular formula is C10H8ClNO. The van der Waals surface area contributed by atoms with Crippen LogP contribution in [0.4, 0.5) is 5.69 Å². The first-order valence-electron chi connectivity index (χ1n) is 4.34. The number of halogens is 1. The lowest BCUT2D eigenvalue weighted by Gasteiger charge is -2.15. The van der Waals surface area contributed by atoms with Crippen LogP contribution in [0.25, 0.3) is 0 Å². The Bertz CT molecular complexity index is 402. The molecule has 2 aliphatic rings. The number of nitrogens with one attached hydrogen (secondary N) is 1. The maximum atomic E-state index is 11.3. The molecule has 0 aromatic heterocycles. The molecule has 2 nitrogen and oxygen atoms in total. The van der Waals surface area contributed by atoms with Gasteiger partial charge in [-0.15, -0.1) is 0 Å². The van der Waals surface area contributed by atoms with Crippen molar-refractivity contribution in [1.82, 2.24) is 0 Å². The molecule has 0 spiro atoms. The van der Waals surface area contributed by atoms with Gasteiger partial charge in [0.1, 0.15) is 5.78 Å². The number of hydrogen-bond acceptors (Lipinski definition) is 2. The van der Waals surface area contributed by atoms with E-state index in [0.717, 1.165) is 17.8 Å². The van der Waals surface area contributed by atoms with Gasteiger partial charge < -0.3 is 5.32 Å². The Labute approximate surface area is 80.9 Å². The van der Waals surface area contributed by atoms with E-state index in [1.54, 1.807) is 0 Å². The topological polar surface area (TPSA) is 29.1 Å². The quantitative estimate of drug-likeness (QED) is 0.683. The summed E-state index contributed by atoms with van der Waals surface area (Å²) in [6, 6.07) is 5.69. The Hall–Kier alpha value is -1.02. The molecule has 1 saturated carbocycles. The maximum Gasteiger partial charge on any atom is 0.147 e. The Morgan fingerprint density at radius 3 is 3.15 bits per heavy atom. The fourth-order valence-electron chi connectivity index (χ4n) is 2.05. The van der Waals surface area contributed by atoms with Crippen LogP contribution in [0.2, 0.25) is 5.02 Å². The fraction of sp³-hybridized carbons (Fsp3) is 0.300. The number of anilines is 1. The van der Waals surface area contributed by atoms with Crippen molar-refractivity contribution in [2.75, 3.05) is 11.9 Å². The molecule has 2 atom stereocenters. The molecule has 1 fully saturated rings. The number of hydrogen-bond donors (Lipinski definition) is 1. The molecule has 1 aliphatic carbocycles. The summed E-state index contributed by atoms with van der Waals surface area (Å²) in [5.41, 5.74) is 2.14. The Kier molecular flexibility index (Phi) is 1.29. The van der Waals surface area contributed by atoms with E-state index in [2.05, 4.69) is 5.32 Å². The highest BCUT2D eigenvalue weighted by molar-refractivity contribution is 6.30. The Balaban J connectivity index is 2.15. The third kappa shape index (κ3) is 0.923. The zero-order valence-electron chi connectivity index (χ0n) is 6.88. The summed E-state index contributed by atoms with van der Waals surface area (Å²) in [5, 5.41) is 3.94. The van der Waals surface area contributed by atoms with Gasteiger partial charge in [-0.3, -0.25) is 4.79 Å². The summed E-state index contributed by atoms with van der Waals surface area (Å²) in [6.45, 7) is 0.790. The molecule has 3 rings (SSSR count). The van der Waals surface area contributed by atoms with Crippen molar-refractivity contribution in [1.29, 1.82) is 0 Å². The highest BCUT2D eigenvalue weighted by atomic mass is 35.5. The van der Waals surface area contributed by atoms with Gasteiger partial charge in [0.15, 0.2) is 0 Å². The number of carbonyl (C=O) groups excluding carboxylic acids is 1. The van der Waals surface area contributed by atoms with Gasteiger partial charge in [0.05, 0.1) is 5.92 Å². The smallest absolute Gasteiger partial charge is 0.147 e. The van der Waals surface area contributed by atoms with Gasteiger partial charge in [-0.25, -0.2) is 0 Å². The maximum absolute atomic E-state index is 11.3. The second-order valence-corrected chi connectivity index (χ2v) is 4.04. The van der Waals surface area contributed by atoms with E-state index >= 15 is 0 Å². The SMILES string of the molecule is O=C1C2CNc3ccc(Cl)cc3C12. The molecule has 0 amide bonds. The van der Waals surface area contributed by atoms with Gasteiger partial charge in [-0.2, -0.15) is 0 Å². The minimum Gasteiger partial charge on any atom is -0.384 e. The molecule has 0 radical (unpaired) electrons. The molecule has 13 heavy (non-hydrogen) atoms. The number of Topliss-reactive ketones (excluding diaryl/α,β-unsaturated/α-hetero) is 1. The van der Waals surface area contributed by atoms with E-state index in [4.69, 9.17) is 11.6 Å². The zero-order valence-corrected chi connectivity index (χ0v) is 7.64. The highest BCUT2D eigenvalue weighted by Gasteiger charge is 2.52. The zero-order chi connectivity index (χ0) is 9.00. The minimum atomic E-state index is 0.134. The van der Waals surface area contributed by atoms with E-state index in [1.807, 2.05) is 18.2 Å². The number of rotatable bonds is 0. The third-order valence-corrected chi connectivity index (χ3v) is 3.06. The molecular weight excluding hydrogens is 186 g/mol. The van der Waals surface area contributed by atoms with Crippen molar-refractivity contribution in [2.45, 2.75) is 5.92 Å². The number of ketones is 1. The lowest BCUT2D eigenvalue weighted by molar-refractivity contribution is -0.111. The van der Waals surface area contributed by atoms with Crippen molar-refractivity contribution >= 4 is 23.1 Å². The molecule has 0 saturated heterocycles. The van der Waals surface area contributed by atoms with Crippen molar-refractivity contribution in [2.24, 2.45) is 5.92 Å². The lowest BCUT2D eigenvalue weighted by Crippen LogP contribution is -2.11. The van der Waals surface area contributed by atoms with Gasteiger partial charge >= 0.3 is 0 Å². The summed E-state index contributed by atoms with van der Waals surface area (Å²) < 4.78 is 0. The molecule has 2 unspecified atom stereocenters. The molecule has 1 N–H and O–H groups in total. The van der Waals surface area contributed by atoms with Gasteiger partial charge in [-0.05, 0) is 23.8 Å². The first-order valence-corrected chi connectivity index (χ1v) is 4.72. The molecule has 1 aromatic carbocycles. The van der Waals surface area contributed by atoms with Crippen LogP contribution >= 0.6 is 11.6 Å². The van der Waals surface area contributed by atoms with E-state index in [0.29, 0.717) is 10.8 Å². The Morgan fingerprint density at radius 1 is 1.46 bits per heavy atom. The molecule has 1 aromatic rings. The summed E-state index contributed by atoms with van der Waals surface area (Å²) in [7, 11) is 0. The Morgan fingerprint density at radius 2 is 2.31 bits per heavy atom. The summed E-state index contributed by atoms with van der Waals surface area (Å²) in [5.74, 6) is 0.703. The van der Waals surface area contributed by atoms with Crippen LogP contribution < -0.4 is 5.32 Å². The molecule has 66 valence electrons. The van der Waals surface area contributed by atoms with Crippen LogP contribution in [0.1, 0.15) is 11.5 Å². The van der Waals surface area contributed by atoms with Gasteiger partial charge in [-0.1, -0.05) is 11.6 Å². The predicted molar refractivity (Wildman–Crippen MR) is 51.2 cm³/mol.